The molecule has 58 heavy (non-hydrogen) atoms. The molecule has 4 rings (SSSR count). The van der Waals surface area contributed by atoms with Crippen molar-refractivity contribution in [2.45, 2.75) is 11.1 Å². The molecule has 0 atom stereocenters. The summed E-state index contributed by atoms with van der Waals surface area (Å²) in [6.07, 6.45) is 0. The lowest BCUT2D eigenvalue weighted by Gasteiger charge is -2.39. The number of rotatable bonds is 24. The van der Waals surface area contributed by atoms with Crippen molar-refractivity contribution in [1.29, 1.82) is 0 Å². The van der Waals surface area contributed by atoms with Crippen LogP contribution in [0.4, 0.5) is 11.4 Å². The Morgan fingerprint density at radius 3 is 1.31 bits per heavy atom. The smallest absolute Gasteiger partial charge is 0.171 e. The predicted molar refractivity (Wildman–Crippen MR) is 239 cm³/mol. The van der Waals surface area contributed by atoms with Crippen molar-refractivity contribution < 1.29 is 33.2 Å². The first-order valence-corrected chi connectivity index (χ1v) is 21.2. The number of hydrogen-bond acceptors (Lipinski definition) is 17. The Labute approximate surface area is 360 Å². The average molecular weight is 874 g/mol. The summed E-state index contributed by atoms with van der Waals surface area (Å²) in [5, 5.41) is 39.1. The largest absolute Gasteiger partial charge is 0.382 e. The van der Waals surface area contributed by atoms with E-state index >= 15 is 0 Å². The number of anilines is 1. The van der Waals surface area contributed by atoms with E-state index in [1.54, 1.807) is 7.11 Å². The van der Waals surface area contributed by atoms with Crippen LogP contribution >= 0.6 is 36.7 Å². The normalized spacial score (nSPS) is 20.9. The van der Waals surface area contributed by atoms with Crippen molar-refractivity contribution in [3.63, 3.8) is 0 Å². The van der Waals surface area contributed by atoms with Crippen LogP contribution in [0.15, 0.2) is 29.3 Å². The second-order valence-electron chi connectivity index (χ2n) is 13.7. The summed E-state index contributed by atoms with van der Waals surface area (Å²) in [6, 6.07) is 7.58. The molecule has 0 radical (unpaired) electrons. The van der Waals surface area contributed by atoms with Crippen molar-refractivity contribution in [2.24, 2.45) is 4.99 Å². The Balaban J connectivity index is 1.32. The van der Waals surface area contributed by atoms with Crippen molar-refractivity contribution in [3.05, 3.63) is 24.3 Å². The third kappa shape index (κ3) is 23.6. The zero-order valence-corrected chi connectivity index (χ0v) is 36.5. The van der Waals surface area contributed by atoms with Crippen molar-refractivity contribution in [3.8, 4) is 0 Å². The quantitative estimate of drug-likeness (QED) is 0.0261. The highest BCUT2D eigenvalue weighted by molar-refractivity contribution is 7.80. The lowest BCUT2D eigenvalue weighted by atomic mass is 9.97. The number of fused-ring (bicyclic) bond motifs is 15. The van der Waals surface area contributed by atoms with E-state index in [9.17, 15) is 0 Å². The Morgan fingerprint density at radius 2 is 0.931 bits per heavy atom. The van der Waals surface area contributed by atoms with Gasteiger partial charge in [0.05, 0.1) is 101 Å². The van der Waals surface area contributed by atoms with Gasteiger partial charge in [-0.1, -0.05) is 0 Å². The number of ether oxygens (including phenoxy) is 7. The van der Waals surface area contributed by atoms with Gasteiger partial charge in [-0.15, -0.1) is 0 Å². The molecule has 21 heteroatoms. The van der Waals surface area contributed by atoms with Gasteiger partial charge in [-0.05, 0) is 60.9 Å². The highest BCUT2D eigenvalue weighted by atomic mass is 32.1. The number of aliphatic imine (C=N–C) groups is 1. The van der Waals surface area contributed by atoms with E-state index in [2.05, 4.69) is 63.3 Å². The molecule has 0 unspecified atom stereocenters. The first kappa shape index (κ1) is 50.2. The van der Waals surface area contributed by atoms with Gasteiger partial charge in [-0.3, -0.25) is 0 Å². The van der Waals surface area contributed by atoms with Gasteiger partial charge in [0.1, 0.15) is 6.73 Å². The molecule has 3 aliphatic heterocycles. The van der Waals surface area contributed by atoms with Crippen LogP contribution in [-0.4, -0.2) is 198 Å². The van der Waals surface area contributed by atoms with Crippen LogP contribution < -0.4 is 53.2 Å². The second-order valence-corrected chi connectivity index (χ2v) is 14.7. The monoisotopic (exact) mass is 873 g/mol. The fourth-order valence-corrected chi connectivity index (χ4v) is 6.64. The molecule has 3 aliphatic rings. The minimum atomic E-state index is -0.392. The predicted octanol–water partition coefficient (Wildman–Crippen LogP) is -1.08. The van der Waals surface area contributed by atoms with E-state index in [1.807, 2.05) is 24.3 Å². The maximum atomic E-state index is 5.80. The number of methoxy groups -OCH3 is 1. The Bertz CT molecular complexity index is 1250. The maximum Gasteiger partial charge on any atom is 0.171 e. The number of nitrogens with zero attached hydrogens (tertiary/aromatic N) is 1. The van der Waals surface area contributed by atoms with Crippen LogP contribution in [0.2, 0.25) is 0 Å². The first-order valence-electron chi connectivity index (χ1n) is 20.0. The lowest BCUT2D eigenvalue weighted by Crippen LogP contribution is -2.69. The van der Waals surface area contributed by atoms with Gasteiger partial charge in [0.25, 0.3) is 0 Å². The van der Waals surface area contributed by atoms with E-state index in [-0.39, 0.29) is 12.3 Å². The number of benzene rings is 1. The molecular formula is C37H67N11O7S3. The summed E-state index contributed by atoms with van der Waals surface area (Å²) in [7, 11) is 1.65. The van der Waals surface area contributed by atoms with Crippen molar-refractivity contribution in [2.75, 3.05) is 177 Å². The molecule has 0 amide bonds. The molecule has 18 nitrogen and oxygen atoms in total. The van der Waals surface area contributed by atoms with Crippen LogP contribution in [0.1, 0.15) is 0 Å². The number of thiocarbonyl (C=S) groups is 3. The fraction of sp³-hybridized carbons (Fsp3) is 0.757. The third-order valence-electron chi connectivity index (χ3n) is 8.90. The standard InChI is InChI=1S/C37H67N11O7S3/c1-49-12-13-50-14-15-51-16-17-52-18-19-53-20-21-54-22-23-55-30-44-34(57)47-36-24-38-6-9-41-27-37(28-42-10-7-39-25-36,29-43-11-8-40-26-36)48-35(58)46-33-4-2-32(3-5-33)45-31-56/h2-5,38-43H,6-30H2,1H3,(H2,44,47,57)(H2,46,48,58). The first-order chi connectivity index (χ1) is 28.5. The highest BCUT2D eigenvalue weighted by Crippen LogP contribution is 2.16. The van der Waals surface area contributed by atoms with Crippen molar-refractivity contribution >= 4 is 63.4 Å². The third-order valence-corrected chi connectivity index (χ3v) is 9.44. The number of nitrogens with one attached hydrogen (secondary N) is 10. The molecule has 0 aromatic heterocycles. The SMILES string of the molecule is COCCOCCOCCOCCOCCOCCOCNC(=S)NC12CNCCNCC(NC(=S)Nc3ccc(N=C=S)cc3)(CNCCNC1)CNCCNC2. The topological polar surface area (TPSA) is 197 Å². The van der Waals surface area contributed by atoms with E-state index in [0.717, 1.165) is 50.6 Å². The molecular weight excluding hydrogens is 807 g/mol. The average Bonchev–Trinajstić information content (AvgIpc) is 3.21. The fourth-order valence-electron chi connectivity index (χ4n) is 5.93. The van der Waals surface area contributed by atoms with Crippen LogP contribution in [0.3, 0.4) is 0 Å². The second kappa shape index (κ2) is 32.6. The summed E-state index contributed by atoms with van der Waals surface area (Å²) in [5.74, 6) is 0. The molecule has 3 heterocycles. The zero-order chi connectivity index (χ0) is 41.3. The molecule has 0 saturated carbocycles. The molecule has 0 spiro atoms. The van der Waals surface area contributed by atoms with E-state index in [0.29, 0.717) is 129 Å². The number of hydrogen-bond donors (Lipinski definition) is 10. The maximum absolute atomic E-state index is 5.80. The van der Waals surface area contributed by atoms with Gasteiger partial charge >= 0.3 is 0 Å². The lowest BCUT2D eigenvalue weighted by molar-refractivity contribution is -0.0193. The number of isothiocyanates is 1. The van der Waals surface area contributed by atoms with Crippen LogP contribution in [0.25, 0.3) is 0 Å². The van der Waals surface area contributed by atoms with Crippen LogP contribution in [-0.2, 0) is 33.2 Å². The van der Waals surface area contributed by atoms with Gasteiger partial charge in [-0.25, -0.2) is 0 Å². The van der Waals surface area contributed by atoms with Gasteiger partial charge in [0.15, 0.2) is 10.2 Å². The van der Waals surface area contributed by atoms with Crippen molar-refractivity contribution in [1.82, 2.24) is 47.9 Å². The highest BCUT2D eigenvalue weighted by Gasteiger charge is 2.33. The summed E-state index contributed by atoms with van der Waals surface area (Å²) in [5.41, 5.74) is 0.823. The van der Waals surface area contributed by atoms with Gasteiger partial charge in [0, 0.05) is 91.3 Å². The molecule has 1 aromatic carbocycles. The Kier molecular flexibility index (Phi) is 28.3. The van der Waals surface area contributed by atoms with Gasteiger partial charge in [0.2, 0.25) is 0 Å². The summed E-state index contributed by atoms with van der Waals surface area (Å²) in [4.78, 5) is 4.02. The van der Waals surface area contributed by atoms with E-state index in [4.69, 9.17) is 69.8 Å². The Hall–Kier alpha value is -2.12. The molecule has 3 saturated heterocycles. The summed E-state index contributed by atoms with van der Waals surface area (Å²) >= 11 is 16.3. The minimum Gasteiger partial charge on any atom is -0.382 e. The molecule has 2 bridgehead atoms. The van der Waals surface area contributed by atoms with Crippen LogP contribution in [0, 0.1) is 0 Å². The summed E-state index contributed by atoms with van der Waals surface area (Å²) < 4.78 is 38.1. The van der Waals surface area contributed by atoms with E-state index in [1.165, 1.54) is 0 Å². The molecule has 330 valence electrons. The molecule has 0 aliphatic carbocycles. The van der Waals surface area contributed by atoms with Crippen LogP contribution in [0.5, 0.6) is 0 Å². The Morgan fingerprint density at radius 1 is 0.569 bits per heavy atom. The van der Waals surface area contributed by atoms with Gasteiger partial charge in [-0.2, -0.15) is 4.99 Å². The molecule has 1 aromatic rings. The van der Waals surface area contributed by atoms with Gasteiger partial charge < -0.3 is 86.3 Å². The minimum absolute atomic E-state index is 0.264. The summed E-state index contributed by atoms with van der Waals surface area (Å²) in [6.45, 7) is 15.1. The van der Waals surface area contributed by atoms with E-state index < -0.39 is 5.54 Å². The molecule has 10 N–H and O–H groups in total. The zero-order valence-electron chi connectivity index (χ0n) is 34.0. The molecule has 3 fully saturated rings.